The Morgan fingerprint density at radius 1 is 1.45 bits per heavy atom. The minimum Gasteiger partial charge on any atom is -0.370 e. The fraction of sp³-hybridized carbons (Fsp3) is 0.750. The van der Waals surface area contributed by atoms with Crippen molar-refractivity contribution in [1.82, 2.24) is 14.8 Å². The van der Waals surface area contributed by atoms with Crippen LogP contribution in [0.25, 0.3) is 0 Å². The third-order valence-electron chi connectivity index (χ3n) is 3.64. The standard InChI is InChI=1S/C12H16Cl2N4OS/c13-12(14)5-8(12)6-20-11-17-16-10(7-1-2-7)18(11)4-3-9(15)19/h7-8H,1-6H2,(H2,15,19). The molecule has 8 heteroatoms. The maximum atomic E-state index is 11.0. The van der Waals surface area contributed by atoms with Crippen LogP contribution in [-0.4, -0.2) is 30.8 Å². The highest BCUT2D eigenvalue weighted by molar-refractivity contribution is 7.99. The Hall–Kier alpha value is -0.460. The number of hydrogen-bond donors (Lipinski definition) is 1. The first-order valence-corrected chi connectivity index (χ1v) is 8.43. The number of aromatic nitrogens is 3. The molecule has 1 heterocycles. The second kappa shape index (κ2) is 5.39. The minimum absolute atomic E-state index is 0.306. The fourth-order valence-corrected chi connectivity index (χ4v) is 4.01. The average molecular weight is 335 g/mol. The van der Waals surface area contributed by atoms with Crippen molar-refractivity contribution < 1.29 is 4.79 Å². The molecular formula is C12H16Cl2N4OS. The number of primary amides is 1. The van der Waals surface area contributed by atoms with Crippen LogP contribution in [0.2, 0.25) is 0 Å². The van der Waals surface area contributed by atoms with Crippen molar-refractivity contribution in [2.75, 3.05) is 5.75 Å². The molecule has 0 spiro atoms. The number of halogens is 2. The SMILES string of the molecule is NC(=O)CCn1c(SCC2CC2(Cl)Cl)nnc1C1CC1. The zero-order valence-corrected chi connectivity index (χ0v) is 13.2. The molecule has 2 aliphatic carbocycles. The summed E-state index contributed by atoms with van der Waals surface area (Å²) in [7, 11) is 0. The van der Waals surface area contributed by atoms with E-state index >= 15 is 0 Å². The van der Waals surface area contributed by atoms with Gasteiger partial charge in [0.15, 0.2) is 5.16 Å². The first-order chi connectivity index (χ1) is 9.47. The number of alkyl halides is 2. The van der Waals surface area contributed by atoms with Crippen LogP contribution < -0.4 is 5.73 Å². The lowest BCUT2D eigenvalue weighted by atomic mass is 10.3. The molecule has 0 aromatic carbocycles. The zero-order valence-electron chi connectivity index (χ0n) is 10.9. The highest BCUT2D eigenvalue weighted by Crippen LogP contribution is 2.54. The van der Waals surface area contributed by atoms with Crippen molar-refractivity contribution >= 4 is 40.9 Å². The molecule has 2 N–H and O–H groups in total. The van der Waals surface area contributed by atoms with E-state index in [2.05, 4.69) is 10.2 Å². The van der Waals surface area contributed by atoms with Gasteiger partial charge in [-0.3, -0.25) is 4.79 Å². The molecule has 1 aromatic rings. The van der Waals surface area contributed by atoms with E-state index in [1.807, 2.05) is 4.57 Å². The van der Waals surface area contributed by atoms with E-state index in [9.17, 15) is 4.79 Å². The summed E-state index contributed by atoms with van der Waals surface area (Å²) in [6.45, 7) is 0.550. The largest absolute Gasteiger partial charge is 0.370 e. The number of nitrogens with zero attached hydrogens (tertiary/aromatic N) is 3. The number of hydrogen-bond acceptors (Lipinski definition) is 4. The number of amides is 1. The molecule has 2 fully saturated rings. The fourth-order valence-electron chi connectivity index (χ4n) is 2.11. The smallest absolute Gasteiger partial charge is 0.219 e. The first kappa shape index (κ1) is 14.5. The zero-order chi connectivity index (χ0) is 14.3. The molecule has 1 unspecified atom stereocenters. The van der Waals surface area contributed by atoms with E-state index in [-0.39, 0.29) is 5.91 Å². The number of nitrogens with two attached hydrogens (primary N) is 1. The van der Waals surface area contributed by atoms with Gasteiger partial charge in [0.2, 0.25) is 5.91 Å². The average Bonchev–Trinajstić information content (AvgIpc) is 3.26. The van der Waals surface area contributed by atoms with Gasteiger partial charge in [-0.2, -0.15) is 0 Å². The van der Waals surface area contributed by atoms with Gasteiger partial charge in [0.05, 0.1) is 0 Å². The molecule has 1 atom stereocenters. The molecule has 1 aromatic heterocycles. The summed E-state index contributed by atoms with van der Waals surface area (Å²) in [6, 6.07) is 0. The summed E-state index contributed by atoms with van der Waals surface area (Å²) in [5.74, 6) is 2.30. The van der Waals surface area contributed by atoms with Crippen molar-refractivity contribution in [2.45, 2.75) is 47.6 Å². The Kier molecular flexibility index (Phi) is 3.90. The van der Waals surface area contributed by atoms with Crippen LogP contribution in [-0.2, 0) is 11.3 Å². The van der Waals surface area contributed by atoms with Crippen molar-refractivity contribution in [3.63, 3.8) is 0 Å². The lowest BCUT2D eigenvalue weighted by Gasteiger charge is -2.08. The first-order valence-electron chi connectivity index (χ1n) is 6.69. The molecule has 0 aliphatic heterocycles. The molecule has 2 saturated carbocycles. The van der Waals surface area contributed by atoms with E-state index in [0.717, 1.165) is 36.0 Å². The van der Waals surface area contributed by atoms with Crippen LogP contribution in [0.15, 0.2) is 5.16 Å². The Balaban J connectivity index is 1.67. The van der Waals surface area contributed by atoms with Crippen molar-refractivity contribution in [3.05, 3.63) is 5.82 Å². The summed E-state index contributed by atoms with van der Waals surface area (Å²) < 4.78 is 1.46. The normalized spacial score (nSPS) is 23.8. The topological polar surface area (TPSA) is 73.8 Å². The van der Waals surface area contributed by atoms with Crippen molar-refractivity contribution in [1.29, 1.82) is 0 Å². The van der Waals surface area contributed by atoms with Gasteiger partial charge in [-0.25, -0.2) is 0 Å². The van der Waals surface area contributed by atoms with E-state index in [1.165, 1.54) is 0 Å². The van der Waals surface area contributed by atoms with Gasteiger partial charge in [0.25, 0.3) is 0 Å². The van der Waals surface area contributed by atoms with Crippen LogP contribution in [0.3, 0.4) is 0 Å². The monoisotopic (exact) mass is 334 g/mol. The molecule has 1 amide bonds. The van der Waals surface area contributed by atoms with Crippen molar-refractivity contribution in [3.8, 4) is 0 Å². The van der Waals surface area contributed by atoms with E-state index < -0.39 is 4.33 Å². The summed E-state index contributed by atoms with van der Waals surface area (Å²) >= 11 is 13.7. The molecule has 0 radical (unpaired) electrons. The summed E-state index contributed by atoms with van der Waals surface area (Å²) in [5.41, 5.74) is 5.23. The van der Waals surface area contributed by atoms with Crippen molar-refractivity contribution in [2.24, 2.45) is 11.7 Å². The second-order valence-electron chi connectivity index (χ2n) is 5.46. The maximum absolute atomic E-state index is 11.0. The Bertz CT molecular complexity index is 530. The van der Waals surface area contributed by atoms with Gasteiger partial charge < -0.3 is 10.3 Å². The molecule has 110 valence electrons. The Morgan fingerprint density at radius 2 is 2.15 bits per heavy atom. The third kappa shape index (κ3) is 3.23. The van der Waals surface area contributed by atoms with Gasteiger partial charge in [-0.15, -0.1) is 33.4 Å². The number of carbonyl (C=O) groups is 1. The maximum Gasteiger partial charge on any atom is 0.219 e. The molecule has 0 saturated heterocycles. The van der Waals surface area contributed by atoms with Crippen LogP contribution in [0.4, 0.5) is 0 Å². The van der Waals surface area contributed by atoms with E-state index in [1.54, 1.807) is 11.8 Å². The molecule has 20 heavy (non-hydrogen) atoms. The molecule has 3 rings (SSSR count). The van der Waals surface area contributed by atoms with Crippen LogP contribution in [0.1, 0.15) is 37.4 Å². The predicted molar refractivity (Wildman–Crippen MR) is 79.1 cm³/mol. The number of rotatable bonds is 7. The van der Waals surface area contributed by atoms with Crippen LogP contribution in [0, 0.1) is 5.92 Å². The summed E-state index contributed by atoms with van der Waals surface area (Å²) in [6.07, 6.45) is 3.43. The van der Waals surface area contributed by atoms with Crippen LogP contribution in [0.5, 0.6) is 0 Å². The Morgan fingerprint density at radius 3 is 2.70 bits per heavy atom. The minimum atomic E-state index is -0.565. The predicted octanol–water partition coefficient (Wildman–Crippen LogP) is 2.32. The van der Waals surface area contributed by atoms with Gasteiger partial charge in [-0.05, 0) is 19.3 Å². The van der Waals surface area contributed by atoms with E-state index in [4.69, 9.17) is 28.9 Å². The molecule has 5 nitrogen and oxygen atoms in total. The van der Waals surface area contributed by atoms with Gasteiger partial charge in [0, 0.05) is 30.6 Å². The van der Waals surface area contributed by atoms with Crippen LogP contribution >= 0.6 is 35.0 Å². The summed E-state index contributed by atoms with van der Waals surface area (Å²) in [5, 5.41) is 9.34. The highest BCUT2D eigenvalue weighted by atomic mass is 35.5. The lowest BCUT2D eigenvalue weighted by molar-refractivity contribution is -0.118. The Labute approximate surface area is 131 Å². The lowest BCUT2D eigenvalue weighted by Crippen LogP contribution is -2.15. The molecule has 2 aliphatic rings. The number of carbonyl (C=O) groups excluding carboxylic acids is 1. The van der Waals surface area contributed by atoms with Gasteiger partial charge in [0.1, 0.15) is 10.2 Å². The van der Waals surface area contributed by atoms with Gasteiger partial charge in [-0.1, -0.05) is 11.8 Å². The third-order valence-corrected chi connectivity index (χ3v) is 5.69. The van der Waals surface area contributed by atoms with Gasteiger partial charge >= 0.3 is 0 Å². The quantitative estimate of drug-likeness (QED) is 0.613. The molecular weight excluding hydrogens is 319 g/mol. The highest BCUT2D eigenvalue weighted by Gasteiger charge is 2.51. The number of thioether (sulfide) groups is 1. The summed E-state index contributed by atoms with van der Waals surface area (Å²) in [4.78, 5) is 11.0. The second-order valence-corrected chi connectivity index (χ2v) is 7.99. The van der Waals surface area contributed by atoms with E-state index in [0.29, 0.717) is 24.8 Å². The molecule has 0 bridgehead atoms.